The summed E-state index contributed by atoms with van der Waals surface area (Å²) in [5.74, 6) is -1.65. The highest BCUT2D eigenvalue weighted by Crippen LogP contribution is 2.44. The van der Waals surface area contributed by atoms with E-state index in [0.717, 1.165) is 28.7 Å². The maximum Gasteiger partial charge on any atom is 0.407 e. The molecular formula is C23H24N2O6. The molecule has 0 radical (unpaired) electrons. The summed E-state index contributed by atoms with van der Waals surface area (Å²) < 4.78 is 5.51. The van der Waals surface area contributed by atoms with Gasteiger partial charge in [-0.15, -0.1) is 0 Å². The molecule has 162 valence electrons. The number of carbonyl (C=O) groups is 3. The highest BCUT2D eigenvalue weighted by molar-refractivity contribution is 5.84. The van der Waals surface area contributed by atoms with Gasteiger partial charge in [0.25, 0.3) is 5.91 Å². The number of fused-ring (bicyclic) bond motifs is 3. The zero-order chi connectivity index (χ0) is 21.8. The predicted molar refractivity (Wildman–Crippen MR) is 111 cm³/mol. The molecule has 1 saturated carbocycles. The molecule has 8 nitrogen and oxygen atoms in total. The lowest BCUT2D eigenvalue weighted by atomic mass is 9.68. The van der Waals surface area contributed by atoms with Crippen molar-refractivity contribution < 1.29 is 29.1 Å². The highest BCUT2D eigenvalue weighted by Gasteiger charge is 2.44. The van der Waals surface area contributed by atoms with Gasteiger partial charge >= 0.3 is 12.1 Å². The number of carboxylic acids is 1. The van der Waals surface area contributed by atoms with E-state index < -0.39 is 30.0 Å². The van der Waals surface area contributed by atoms with E-state index in [1.165, 1.54) is 0 Å². The number of carbonyl (C=O) groups excluding carboxylic acids is 2. The van der Waals surface area contributed by atoms with Crippen LogP contribution >= 0.6 is 0 Å². The number of alkyl carbamates (subject to hydrolysis) is 1. The first-order valence-electron chi connectivity index (χ1n) is 10.2. The number of hydrogen-bond donors (Lipinski definition) is 3. The maximum absolute atomic E-state index is 12.4. The number of hydrogen-bond acceptors (Lipinski definition) is 5. The smallest absolute Gasteiger partial charge is 0.407 e. The molecule has 1 fully saturated rings. The lowest BCUT2D eigenvalue weighted by Crippen LogP contribution is -2.52. The molecule has 2 aliphatic carbocycles. The number of benzene rings is 2. The third-order valence-corrected chi connectivity index (χ3v) is 6.07. The monoisotopic (exact) mass is 424 g/mol. The zero-order valence-electron chi connectivity index (χ0n) is 16.9. The van der Waals surface area contributed by atoms with E-state index in [1.807, 2.05) is 36.4 Å². The molecule has 0 unspecified atom stereocenters. The molecule has 8 heteroatoms. The third-order valence-electron chi connectivity index (χ3n) is 6.07. The van der Waals surface area contributed by atoms with Crippen LogP contribution in [0.15, 0.2) is 48.5 Å². The van der Waals surface area contributed by atoms with Gasteiger partial charge in [-0.25, -0.2) is 15.1 Å². The minimum atomic E-state index is -1.18. The van der Waals surface area contributed by atoms with Crippen LogP contribution < -0.4 is 10.8 Å². The maximum atomic E-state index is 12.4. The largest absolute Gasteiger partial charge is 0.479 e. The molecule has 4 rings (SSSR count). The summed E-state index contributed by atoms with van der Waals surface area (Å²) in [6.45, 7) is -0.325. The fraction of sp³-hybridized carbons (Fsp3) is 0.348. The molecule has 0 aromatic heterocycles. The van der Waals surface area contributed by atoms with Crippen LogP contribution in [0.25, 0.3) is 11.1 Å². The third kappa shape index (κ3) is 4.25. The van der Waals surface area contributed by atoms with Crippen molar-refractivity contribution in [2.45, 2.75) is 25.2 Å². The van der Waals surface area contributed by atoms with Crippen molar-refractivity contribution in [1.82, 2.24) is 10.8 Å². The van der Waals surface area contributed by atoms with Gasteiger partial charge in [0.2, 0.25) is 0 Å². The van der Waals surface area contributed by atoms with E-state index in [-0.39, 0.29) is 19.1 Å². The van der Waals surface area contributed by atoms with Gasteiger partial charge in [-0.2, -0.15) is 0 Å². The number of rotatable bonds is 8. The second-order valence-corrected chi connectivity index (χ2v) is 7.93. The van der Waals surface area contributed by atoms with Crippen LogP contribution in [-0.2, 0) is 19.2 Å². The summed E-state index contributed by atoms with van der Waals surface area (Å²) in [6.07, 6.45) is 1.42. The molecule has 2 aromatic carbocycles. The quantitative estimate of drug-likeness (QED) is 0.562. The summed E-state index contributed by atoms with van der Waals surface area (Å²) in [7, 11) is 0. The summed E-state index contributed by atoms with van der Waals surface area (Å²) in [6, 6.07) is 16.2. The van der Waals surface area contributed by atoms with Gasteiger partial charge in [-0.3, -0.25) is 9.63 Å². The Kier molecular flexibility index (Phi) is 5.90. The Balaban J connectivity index is 1.33. The normalized spacial score (nSPS) is 15.9. The molecule has 0 spiro atoms. The standard InChI is InChI=1S/C23H24N2O6/c26-20(27)13-31-25-21(28)23(10-5-11-23)14-24-22(29)30-12-19-17-8-3-1-6-15(17)16-7-2-4-9-18(16)19/h1-4,6-9,19H,5,10-14H2,(H,24,29)(H,25,28)(H,26,27). The van der Waals surface area contributed by atoms with Crippen LogP contribution in [0, 0.1) is 5.41 Å². The second-order valence-electron chi connectivity index (χ2n) is 7.93. The summed E-state index contributed by atoms with van der Waals surface area (Å²) in [5.41, 5.74) is 5.92. The minimum Gasteiger partial charge on any atom is -0.479 e. The average Bonchev–Trinajstić information content (AvgIpc) is 3.05. The first kappa shape index (κ1) is 20.9. The molecular weight excluding hydrogens is 400 g/mol. The van der Waals surface area contributed by atoms with E-state index in [4.69, 9.17) is 9.84 Å². The van der Waals surface area contributed by atoms with Gasteiger partial charge < -0.3 is 15.2 Å². The molecule has 2 aliphatic rings. The van der Waals surface area contributed by atoms with E-state index in [0.29, 0.717) is 12.8 Å². The van der Waals surface area contributed by atoms with E-state index in [9.17, 15) is 14.4 Å². The first-order chi connectivity index (χ1) is 15.0. The van der Waals surface area contributed by atoms with Crippen LogP contribution in [-0.4, -0.2) is 42.8 Å². The van der Waals surface area contributed by atoms with Gasteiger partial charge in [0, 0.05) is 12.5 Å². The van der Waals surface area contributed by atoms with E-state index in [1.54, 1.807) is 0 Å². The van der Waals surface area contributed by atoms with Crippen molar-refractivity contribution in [3.8, 4) is 11.1 Å². The molecule has 3 N–H and O–H groups in total. The Bertz CT molecular complexity index is 956. The molecule has 0 aliphatic heterocycles. The van der Waals surface area contributed by atoms with Crippen LogP contribution in [0.1, 0.15) is 36.3 Å². The van der Waals surface area contributed by atoms with Crippen LogP contribution in [0.3, 0.4) is 0 Å². The zero-order valence-corrected chi connectivity index (χ0v) is 16.9. The Morgan fingerprint density at radius 1 is 1.00 bits per heavy atom. The topological polar surface area (TPSA) is 114 Å². The molecule has 31 heavy (non-hydrogen) atoms. The predicted octanol–water partition coefficient (Wildman–Crippen LogP) is 2.83. The number of amides is 2. The molecule has 2 amide bonds. The molecule has 0 bridgehead atoms. The molecule has 0 saturated heterocycles. The van der Waals surface area contributed by atoms with Crippen molar-refractivity contribution in [1.29, 1.82) is 0 Å². The molecule has 2 aromatic rings. The second kappa shape index (κ2) is 8.77. The van der Waals surface area contributed by atoms with Gasteiger partial charge in [0.15, 0.2) is 6.61 Å². The van der Waals surface area contributed by atoms with Gasteiger partial charge in [0.1, 0.15) is 6.61 Å². The Morgan fingerprint density at radius 2 is 1.61 bits per heavy atom. The number of hydroxylamine groups is 1. The lowest BCUT2D eigenvalue weighted by Gasteiger charge is -2.39. The fourth-order valence-corrected chi connectivity index (χ4v) is 4.25. The van der Waals surface area contributed by atoms with Gasteiger partial charge in [-0.05, 0) is 35.1 Å². The number of ether oxygens (including phenoxy) is 1. The SMILES string of the molecule is O=C(O)CONC(=O)C1(CNC(=O)OCC2c3ccccc3-c3ccccc32)CCC1. The van der Waals surface area contributed by atoms with Crippen molar-refractivity contribution in [2.75, 3.05) is 19.8 Å². The van der Waals surface area contributed by atoms with Crippen LogP contribution in [0.2, 0.25) is 0 Å². The lowest BCUT2D eigenvalue weighted by molar-refractivity contribution is -0.156. The van der Waals surface area contributed by atoms with Crippen LogP contribution in [0.4, 0.5) is 4.79 Å². The average molecular weight is 424 g/mol. The Labute approximate surface area is 179 Å². The first-order valence-corrected chi connectivity index (χ1v) is 10.2. The summed E-state index contributed by atoms with van der Waals surface area (Å²) in [4.78, 5) is 39.9. The Morgan fingerprint density at radius 3 is 2.16 bits per heavy atom. The van der Waals surface area contributed by atoms with Crippen molar-refractivity contribution in [3.05, 3.63) is 59.7 Å². The van der Waals surface area contributed by atoms with Gasteiger partial charge in [-0.1, -0.05) is 55.0 Å². The van der Waals surface area contributed by atoms with Gasteiger partial charge in [0.05, 0.1) is 5.41 Å². The summed E-state index contributed by atoms with van der Waals surface area (Å²) >= 11 is 0. The molecule has 0 heterocycles. The van der Waals surface area contributed by atoms with Crippen LogP contribution in [0.5, 0.6) is 0 Å². The number of aliphatic carboxylic acids is 1. The fourth-order valence-electron chi connectivity index (χ4n) is 4.25. The summed E-state index contributed by atoms with van der Waals surface area (Å²) in [5, 5.41) is 11.3. The van der Waals surface area contributed by atoms with E-state index in [2.05, 4.69) is 27.8 Å². The van der Waals surface area contributed by atoms with E-state index >= 15 is 0 Å². The Hall–Kier alpha value is -3.39. The van der Waals surface area contributed by atoms with Crippen molar-refractivity contribution in [3.63, 3.8) is 0 Å². The highest BCUT2D eigenvalue weighted by atomic mass is 16.7. The number of nitrogens with one attached hydrogen (secondary N) is 2. The van der Waals surface area contributed by atoms with Crippen molar-refractivity contribution in [2.24, 2.45) is 5.41 Å². The molecule has 0 atom stereocenters. The minimum absolute atomic E-state index is 0.0384. The van der Waals surface area contributed by atoms with Crippen molar-refractivity contribution >= 4 is 18.0 Å². The number of carboxylic acid groups (broad SMARTS) is 1.